The Morgan fingerprint density at radius 3 is 2.79 bits per heavy atom. The first kappa shape index (κ1) is 13.3. The molecule has 0 atom stereocenters. The number of aromatic nitrogens is 4. The summed E-state index contributed by atoms with van der Waals surface area (Å²) in [4.78, 5) is 11.1. The summed E-state index contributed by atoms with van der Waals surface area (Å²) < 4.78 is 6.61. The van der Waals surface area contributed by atoms with E-state index in [0.717, 1.165) is 11.4 Å². The molecule has 19 heavy (non-hydrogen) atoms. The van der Waals surface area contributed by atoms with Gasteiger partial charge in [-0.1, -0.05) is 0 Å². The number of carbonyl (C=O) groups is 1. The first-order valence-electron chi connectivity index (χ1n) is 5.49. The molecule has 0 radical (unpaired) electrons. The Morgan fingerprint density at radius 2 is 2.16 bits per heavy atom. The summed E-state index contributed by atoms with van der Waals surface area (Å²) >= 11 is 5.40. The van der Waals surface area contributed by atoms with Crippen LogP contribution in [0.3, 0.4) is 0 Å². The molecule has 100 valence electrons. The van der Waals surface area contributed by atoms with Crippen molar-refractivity contribution in [3.8, 4) is 11.4 Å². The van der Waals surface area contributed by atoms with Crippen molar-refractivity contribution in [2.75, 3.05) is 13.0 Å². The maximum Gasteiger partial charge on any atom is 0.235 e. The molecule has 1 aromatic carbocycles. The predicted molar refractivity (Wildman–Crippen MR) is 68.3 cm³/mol. The summed E-state index contributed by atoms with van der Waals surface area (Å²) in [5.74, 6) is 0.896. The molecule has 0 aliphatic carbocycles. The van der Waals surface area contributed by atoms with Gasteiger partial charge in [-0.3, -0.25) is 4.79 Å². The average molecular weight is 282 g/mol. The normalized spacial score (nSPS) is 10.2. The van der Waals surface area contributed by atoms with Crippen LogP contribution in [0.25, 0.3) is 5.69 Å². The molecule has 0 spiro atoms. The third-order valence-electron chi connectivity index (χ3n) is 2.42. The van der Waals surface area contributed by atoms with Crippen LogP contribution in [0.2, 0.25) is 0 Å². The highest BCUT2D eigenvalue weighted by Crippen LogP contribution is 2.14. The van der Waals surface area contributed by atoms with Crippen LogP contribution >= 0.6 is 11.6 Å². The van der Waals surface area contributed by atoms with Crippen molar-refractivity contribution in [1.82, 2.24) is 25.5 Å². The van der Waals surface area contributed by atoms with Crippen molar-refractivity contribution in [2.45, 2.75) is 6.54 Å². The zero-order valence-electron chi connectivity index (χ0n) is 10.2. The van der Waals surface area contributed by atoms with E-state index < -0.39 is 0 Å². The molecule has 0 saturated carbocycles. The van der Waals surface area contributed by atoms with Gasteiger partial charge in [0.15, 0.2) is 5.82 Å². The van der Waals surface area contributed by atoms with Crippen molar-refractivity contribution in [3.63, 3.8) is 0 Å². The fraction of sp³-hybridized carbons (Fsp3) is 0.273. The average Bonchev–Trinajstić information content (AvgIpc) is 2.93. The third kappa shape index (κ3) is 3.19. The van der Waals surface area contributed by atoms with Gasteiger partial charge in [0.25, 0.3) is 0 Å². The van der Waals surface area contributed by atoms with Crippen LogP contribution in [0.1, 0.15) is 5.82 Å². The monoisotopic (exact) mass is 281 g/mol. The molecule has 0 fully saturated rings. The lowest BCUT2D eigenvalue weighted by molar-refractivity contribution is -0.118. The smallest absolute Gasteiger partial charge is 0.235 e. The Morgan fingerprint density at radius 1 is 1.42 bits per heavy atom. The lowest BCUT2D eigenvalue weighted by Crippen LogP contribution is -2.25. The number of benzene rings is 1. The van der Waals surface area contributed by atoms with Crippen molar-refractivity contribution in [2.24, 2.45) is 0 Å². The van der Waals surface area contributed by atoms with Gasteiger partial charge >= 0.3 is 0 Å². The highest BCUT2D eigenvalue weighted by molar-refractivity contribution is 6.27. The van der Waals surface area contributed by atoms with Gasteiger partial charge in [-0.25, -0.2) is 0 Å². The topological polar surface area (TPSA) is 81.9 Å². The van der Waals surface area contributed by atoms with Gasteiger partial charge in [-0.05, 0) is 34.7 Å². The molecule has 0 bridgehead atoms. The zero-order valence-corrected chi connectivity index (χ0v) is 11.0. The van der Waals surface area contributed by atoms with E-state index >= 15 is 0 Å². The molecule has 2 aromatic rings. The molecule has 0 aliphatic rings. The summed E-state index contributed by atoms with van der Waals surface area (Å²) in [5.41, 5.74) is 0.779. The van der Waals surface area contributed by atoms with E-state index in [9.17, 15) is 4.79 Å². The number of hydrogen-bond acceptors (Lipinski definition) is 5. The predicted octanol–water partition coefficient (Wildman–Crippen LogP) is 0.526. The summed E-state index contributed by atoms with van der Waals surface area (Å²) in [5, 5.41) is 13.9. The first-order valence-corrected chi connectivity index (χ1v) is 6.02. The number of amides is 1. The van der Waals surface area contributed by atoms with Crippen LogP contribution in [0.4, 0.5) is 0 Å². The second-order valence-electron chi connectivity index (χ2n) is 3.62. The number of methoxy groups -OCH3 is 1. The molecule has 1 N–H and O–H groups in total. The van der Waals surface area contributed by atoms with E-state index in [1.54, 1.807) is 19.2 Å². The summed E-state index contributed by atoms with van der Waals surface area (Å²) in [6.07, 6.45) is 0. The van der Waals surface area contributed by atoms with Crippen molar-refractivity contribution in [3.05, 3.63) is 30.1 Å². The number of carbonyl (C=O) groups excluding carboxylic acids is 1. The zero-order chi connectivity index (χ0) is 13.7. The highest BCUT2D eigenvalue weighted by Gasteiger charge is 2.09. The van der Waals surface area contributed by atoms with Crippen molar-refractivity contribution in [1.29, 1.82) is 0 Å². The van der Waals surface area contributed by atoms with Gasteiger partial charge in [-0.15, -0.1) is 16.7 Å². The number of ether oxygens (including phenoxy) is 1. The second kappa shape index (κ2) is 6.14. The number of tetrazole rings is 1. The summed E-state index contributed by atoms with van der Waals surface area (Å²) in [6.45, 7) is 0.213. The van der Waals surface area contributed by atoms with Gasteiger partial charge < -0.3 is 10.1 Å². The van der Waals surface area contributed by atoms with Gasteiger partial charge in [0.2, 0.25) is 5.91 Å². The number of nitrogens with zero attached hydrogens (tertiary/aromatic N) is 4. The van der Waals surface area contributed by atoms with E-state index in [-0.39, 0.29) is 18.3 Å². The molecular formula is C11H12ClN5O2. The molecule has 1 aromatic heterocycles. The highest BCUT2D eigenvalue weighted by atomic mass is 35.5. The van der Waals surface area contributed by atoms with Crippen molar-refractivity contribution < 1.29 is 9.53 Å². The van der Waals surface area contributed by atoms with E-state index in [4.69, 9.17) is 16.3 Å². The van der Waals surface area contributed by atoms with E-state index in [0.29, 0.717) is 5.82 Å². The van der Waals surface area contributed by atoms with Crippen LogP contribution in [0.5, 0.6) is 5.75 Å². The Bertz CT molecular complexity index is 554. The quantitative estimate of drug-likeness (QED) is 0.808. The molecule has 1 amide bonds. The lowest BCUT2D eigenvalue weighted by atomic mass is 10.3. The van der Waals surface area contributed by atoms with Crippen LogP contribution < -0.4 is 10.1 Å². The van der Waals surface area contributed by atoms with Gasteiger partial charge in [0, 0.05) is 0 Å². The fourth-order valence-corrected chi connectivity index (χ4v) is 1.56. The molecule has 0 aliphatic heterocycles. The lowest BCUT2D eigenvalue weighted by Gasteiger charge is -2.06. The molecule has 8 heteroatoms. The Balaban J connectivity index is 2.15. The Kier molecular flexibility index (Phi) is 4.30. The molecule has 2 rings (SSSR count). The van der Waals surface area contributed by atoms with Gasteiger partial charge in [0.1, 0.15) is 11.6 Å². The van der Waals surface area contributed by atoms with Crippen LogP contribution in [0, 0.1) is 0 Å². The van der Waals surface area contributed by atoms with Crippen LogP contribution in [-0.4, -0.2) is 39.1 Å². The molecular weight excluding hydrogens is 270 g/mol. The van der Waals surface area contributed by atoms with Crippen LogP contribution in [-0.2, 0) is 11.3 Å². The molecule has 7 nitrogen and oxygen atoms in total. The van der Waals surface area contributed by atoms with Crippen LogP contribution in [0.15, 0.2) is 24.3 Å². The summed E-state index contributed by atoms with van der Waals surface area (Å²) in [7, 11) is 1.60. The largest absolute Gasteiger partial charge is 0.497 e. The maximum atomic E-state index is 11.1. The molecule has 1 heterocycles. The number of nitrogens with one attached hydrogen (secondary N) is 1. The SMILES string of the molecule is COc1ccc(-n2nnnc2CNC(=O)CCl)cc1. The number of rotatable bonds is 5. The third-order valence-corrected chi connectivity index (χ3v) is 2.66. The maximum absolute atomic E-state index is 11.1. The minimum atomic E-state index is -0.272. The van der Waals surface area contributed by atoms with Crippen molar-refractivity contribution >= 4 is 17.5 Å². The van der Waals surface area contributed by atoms with Gasteiger partial charge in [-0.2, -0.15) is 4.68 Å². The number of halogens is 1. The molecule has 0 unspecified atom stereocenters. The standard InChI is InChI=1S/C11H12ClN5O2/c1-19-9-4-2-8(3-5-9)17-10(14-15-16-17)7-13-11(18)6-12/h2-5H,6-7H2,1H3,(H,13,18). The Hall–Kier alpha value is -2.15. The van der Waals surface area contributed by atoms with E-state index in [1.165, 1.54) is 4.68 Å². The number of alkyl halides is 1. The fourth-order valence-electron chi connectivity index (χ4n) is 1.46. The van der Waals surface area contributed by atoms with E-state index in [2.05, 4.69) is 20.8 Å². The summed E-state index contributed by atoms with van der Waals surface area (Å²) in [6, 6.07) is 7.25. The van der Waals surface area contributed by atoms with E-state index in [1.807, 2.05) is 12.1 Å². The molecule has 0 saturated heterocycles. The Labute approximate surface area is 114 Å². The minimum Gasteiger partial charge on any atom is -0.497 e. The second-order valence-corrected chi connectivity index (χ2v) is 3.88. The minimum absolute atomic E-state index is 0.0932. The number of hydrogen-bond donors (Lipinski definition) is 1. The first-order chi connectivity index (χ1) is 9.24. The van der Waals surface area contributed by atoms with Gasteiger partial charge in [0.05, 0.1) is 19.3 Å².